The summed E-state index contributed by atoms with van der Waals surface area (Å²) < 4.78 is 10.5. The van der Waals surface area contributed by atoms with E-state index >= 15 is 0 Å². The first kappa shape index (κ1) is 24.9. The molecule has 5 heteroatoms. The van der Waals surface area contributed by atoms with Gasteiger partial charge in [-0.1, -0.05) is 31.5 Å². The topological polar surface area (TPSA) is 47.6 Å². The Morgan fingerprint density at radius 1 is 1.00 bits per heavy atom. The van der Waals surface area contributed by atoms with Crippen molar-refractivity contribution in [1.29, 1.82) is 0 Å². The van der Waals surface area contributed by atoms with E-state index in [4.69, 9.17) is 21.1 Å². The van der Waals surface area contributed by atoms with Crippen molar-refractivity contribution in [2.24, 2.45) is 0 Å². The fourth-order valence-corrected chi connectivity index (χ4v) is 2.57. The quantitative estimate of drug-likeness (QED) is 0.721. The largest absolute Gasteiger partial charge is 0.376 e. The van der Waals surface area contributed by atoms with E-state index in [1.807, 2.05) is 74.4 Å². The van der Waals surface area contributed by atoms with Gasteiger partial charge in [-0.05, 0) is 65.7 Å². The van der Waals surface area contributed by atoms with E-state index in [2.05, 4.69) is 5.32 Å². The average molecular weight is 386 g/mol. The second kappa shape index (κ2) is 9.20. The zero-order chi connectivity index (χ0) is 20.9. The molecule has 150 valence electrons. The van der Waals surface area contributed by atoms with Gasteiger partial charge in [-0.15, -0.1) is 0 Å². The number of ether oxygens (including phenoxy) is 2. The molecule has 1 aromatic carbocycles. The molecule has 0 fully saturated rings. The number of fused-ring (bicyclic) bond motifs is 1. The van der Waals surface area contributed by atoms with E-state index in [-0.39, 0.29) is 17.1 Å². The van der Waals surface area contributed by atoms with Crippen molar-refractivity contribution in [3.8, 4) is 0 Å². The van der Waals surface area contributed by atoms with Gasteiger partial charge in [0.15, 0.2) is 0 Å². The van der Waals surface area contributed by atoms with Crippen LogP contribution in [0.3, 0.4) is 0 Å². The van der Waals surface area contributed by atoms with E-state index in [1.54, 1.807) is 14.2 Å². The molecule has 0 aromatic heterocycles. The van der Waals surface area contributed by atoms with Crippen LogP contribution < -0.4 is 5.32 Å². The van der Waals surface area contributed by atoms with E-state index in [1.165, 1.54) is 0 Å². The molecule has 4 nitrogen and oxygen atoms in total. The van der Waals surface area contributed by atoms with Crippen molar-refractivity contribution in [3.05, 3.63) is 28.3 Å². The molecule has 1 aromatic rings. The van der Waals surface area contributed by atoms with E-state index in [0.717, 1.165) is 16.8 Å². The minimum Gasteiger partial charge on any atom is -0.376 e. The highest BCUT2D eigenvalue weighted by atomic mass is 35.5. The first-order valence-corrected chi connectivity index (χ1v) is 9.40. The number of rotatable bonds is 3. The van der Waals surface area contributed by atoms with Gasteiger partial charge in [0.2, 0.25) is 5.91 Å². The minimum atomic E-state index is -0.467. The summed E-state index contributed by atoms with van der Waals surface area (Å²) in [5.41, 5.74) is 1.91. The maximum atomic E-state index is 11.6. The lowest BCUT2D eigenvalue weighted by molar-refractivity contribution is -0.147. The fourth-order valence-electron chi connectivity index (χ4n) is 2.25. The molecule has 26 heavy (non-hydrogen) atoms. The second-order valence-corrected chi connectivity index (χ2v) is 8.08. The summed E-state index contributed by atoms with van der Waals surface area (Å²) in [6.45, 7) is 17.8. The van der Waals surface area contributed by atoms with Gasteiger partial charge >= 0.3 is 0 Å². The zero-order valence-electron chi connectivity index (χ0n) is 18.3. The molecular formula is C21H36ClNO3. The molecule has 1 N–H and O–H groups in total. The molecule has 0 spiro atoms. The maximum Gasteiger partial charge on any atom is 0.234 e. The summed E-state index contributed by atoms with van der Waals surface area (Å²) in [5.74, 6) is 0.0139. The smallest absolute Gasteiger partial charge is 0.234 e. The molecule has 0 unspecified atom stereocenters. The standard InChI is InChI=1S/C11H12ClNO.C8H18O2.C2H6/c1-6-4-7-9(8(12)5-6)13-10(14)11(7,2)3;1-7(2,9-5)8(3,4)10-6;1-2/h4-5H,1-3H3,(H,13,14);1-6H3;1-2H3. The Morgan fingerprint density at radius 2 is 1.42 bits per heavy atom. The monoisotopic (exact) mass is 385 g/mol. The van der Waals surface area contributed by atoms with Gasteiger partial charge in [0.1, 0.15) is 0 Å². The van der Waals surface area contributed by atoms with Gasteiger partial charge in [0, 0.05) is 14.2 Å². The minimum absolute atomic E-state index is 0.0139. The molecule has 2 rings (SSSR count). The number of amides is 1. The molecule has 1 heterocycles. The Labute approximate surface area is 164 Å². The van der Waals surface area contributed by atoms with Crippen LogP contribution in [0.25, 0.3) is 0 Å². The van der Waals surface area contributed by atoms with E-state index < -0.39 is 5.41 Å². The number of carbonyl (C=O) groups excluding carboxylic acids is 1. The maximum absolute atomic E-state index is 11.6. The Kier molecular flexibility index (Phi) is 8.82. The molecule has 0 bridgehead atoms. The highest BCUT2D eigenvalue weighted by Gasteiger charge is 2.39. The van der Waals surface area contributed by atoms with Crippen molar-refractivity contribution in [1.82, 2.24) is 0 Å². The second-order valence-electron chi connectivity index (χ2n) is 7.68. The summed E-state index contributed by atoms with van der Waals surface area (Å²) in [5, 5.41) is 3.44. The van der Waals surface area contributed by atoms with Gasteiger partial charge < -0.3 is 14.8 Å². The van der Waals surface area contributed by atoms with Gasteiger partial charge in [-0.25, -0.2) is 0 Å². The Morgan fingerprint density at radius 3 is 1.81 bits per heavy atom. The first-order valence-electron chi connectivity index (χ1n) is 9.02. The van der Waals surface area contributed by atoms with Crippen LogP contribution in [0.15, 0.2) is 12.1 Å². The normalized spacial score (nSPS) is 15.2. The van der Waals surface area contributed by atoms with E-state index in [0.29, 0.717) is 5.02 Å². The summed E-state index contributed by atoms with van der Waals surface area (Å²) in [4.78, 5) is 11.6. The number of anilines is 1. The molecular weight excluding hydrogens is 350 g/mol. The number of halogens is 1. The molecule has 0 atom stereocenters. The number of hydrogen-bond donors (Lipinski definition) is 1. The number of benzene rings is 1. The van der Waals surface area contributed by atoms with E-state index in [9.17, 15) is 4.79 Å². The number of hydrogen-bond acceptors (Lipinski definition) is 3. The van der Waals surface area contributed by atoms with Crippen molar-refractivity contribution in [2.75, 3.05) is 19.5 Å². The van der Waals surface area contributed by atoms with Gasteiger partial charge in [0.05, 0.1) is 27.3 Å². The first-order chi connectivity index (χ1) is 11.8. The highest BCUT2D eigenvalue weighted by molar-refractivity contribution is 6.34. The fraction of sp³-hybridized carbons (Fsp3) is 0.667. The number of aryl methyl sites for hydroxylation is 1. The van der Waals surface area contributed by atoms with Crippen LogP contribution in [0, 0.1) is 6.92 Å². The van der Waals surface area contributed by atoms with Crippen molar-refractivity contribution >= 4 is 23.2 Å². The van der Waals surface area contributed by atoms with Crippen LogP contribution in [0.2, 0.25) is 5.02 Å². The van der Waals surface area contributed by atoms with Gasteiger partial charge in [-0.2, -0.15) is 0 Å². The van der Waals surface area contributed by atoms with Crippen molar-refractivity contribution in [3.63, 3.8) is 0 Å². The van der Waals surface area contributed by atoms with Crippen LogP contribution in [-0.4, -0.2) is 31.3 Å². The van der Waals surface area contributed by atoms with Crippen molar-refractivity contribution < 1.29 is 14.3 Å². The molecule has 1 amide bonds. The molecule has 0 radical (unpaired) electrons. The Balaban J connectivity index is 0.000000464. The molecule has 0 saturated heterocycles. The molecule has 1 aliphatic heterocycles. The number of carbonyl (C=O) groups is 1. The molecule has 0 saturated carbocycles. The summed E-state index contributed by atoms with van der Waals surface area (Å²) in [6, 6.07) is 3.88. The third-order valence-corrected chi connectivity index (χ3v) is 5.48. The van der Waals surface area contributed by atoms with Crippen LogP contribution in [-0.2, 0) is 19.7 Å². The molecule has 1 aliphatic rings. The lowest BCUT2D eigenvalue weighted by atomic mass is 9.85. The molecule has 0 aliphatic carbocycles. The SMILES string of the molecule is CC.COC(C)(C)C(C)(C)OC.Cc1cc(Cl)c2c(c1)C(C)(C)C(=O)N2. The predicted molar refractivity (Wildman–Crippen MR) is 111 cm³/mol. The van der Waals surface area contributed by atoms with Crippen LogP contribution >= 0.6 is 11.6 Å². The lowest BCUT2D eigenvalue weighted by Gasteiger charge is -2.38. The Bertz CT molecular complexity index is 608. The Hall–Kier alpha value is -1.10. The van der Waals surface area contributed by atoms with Crippen LogP contribution in [0.1, 0.15) is 66.5 Å². The highest BCUT2D eigenvalue weighted by Crippen LogP contribution is 2.41. The third kappa shape index (κ3) is 5.21. The number of methoxy groups -OCH3 is 2. The summed E-state index contributed by atoms with van der Waals surface area (Å²) >= 11 is 6.05. The van der Waals surface area contributed by atoms with Crippen LogP contribution in [0.5, 0.6) is 0 Å². The summed E-state index contributed by atoms with van der Waals surface area (Å²) in [6.07, 6.45) is 0. The lowest BCUT2D eigenvalue weighted by Crippen LogP contribution is -2.48. The van der Waals surface area contributed by atoms with Crippen molar-refractivity contribution in [2.45, 2.75) is 78.9 Å². The zero-order valence-corrected chi connectivity index (χ0v) is 19.0. The third-order valence-electron chi connectivity index (χ3n) is 5.18. The van der Waals surface area contributed by atoms with Gasteiger partial charge in [0.25, 0.3) is 0 Å². The predicted octanol–water partition coefficient (Wildman–Crippen LogP) is 5.74. The average Bonchev–Trinajstić information content (AvgIpc) is 2.80. The summed E-state index contributed by atoms with van der Waals surface area (Å²) in [7, 11) is 3.39. The van der Waals surface area contributed by atoms with Gasteiger partial charge in [-0.3, -0.25) is 4.79 Å². The number of nitrogens with one attached hydrogen (secondary N) is 1. The van der Waals surface area contributed by atoms with Crippen LogP contribution in [0.4, 0.5) is 5.69 Å².